The van der Waals surface area contributed by atoms with Gasteiger partial charge in [0.15, 0.2) is 17.3 Å². The summed E-state index contributed by atoms with van der Waals surface area (Å²) < 4.78 is 20.9. The highest BCUT2D eigenvalue weighted by molar-refractivity contribution is 7.10. The molecule has 33 heavy (non-hydrogen) atoms. The summed E-state index contributed by atoms with van der Waals surface area (Å²) in [5, 5.41) is 8.93. The summed E-state index contributed by atoms with van der Waals surface area (Å²) in [6, 6.07) is 4.95. The van der Waals surface area contributed by atoms with Gasteiger partial charge in [-0.15, -0.1) is 11.3 Å². The molecule has 0 saturated carbocycles. The number of hydrogen-bond donors (Lipinski definition) is 1. The number of benzene rings is 1. The summed E-state index contributed by atoms with van der Waals surface area (Å²) in [5.74, 6) is 1.30. The highest BCUT2D eigenvalue weighted by Crippen LogP contribution is 2.40. The zero-order chi connectivity index (χ0) is 23.4. The first kappa shape index (κ1) is 22.6. The standard InChI is InChI=1S/C22H24N4O6S/c1-29-16-5-4-14(18(30-2)19(16)31-3)22(28)26-9-6-13(7-10-26)21-23-15(12-33-21)20(27)24-17-8-11-32-25-17/h4-5,8,11-13H,6-7,9-10H2,1-3H3,(H,24,25,27). The van der Waals surface area contributed by atoms with E-state index in [1.165, 1.54) is 38.9 Å². The maximum atomic E-state index is 13.2. The second-order valence-electron chi connectivity index (χ2n) is 7.36. The quantitative estimate of drug-likeness (QED) is 0.556. The van der Waals surface area contributed by atoms with Crippen LogP contribution in [0.15, 0.2) is 34.4 Å². The third kappa shape index (κ3) is 4.63. The van der Waals surface area contributed by atoms with Crippen LogP contribution in [0.25, 0.3) is 0 Å². The Labute approximate surface area is 194 Å². The van der Waals surface area contributed by atoms with Crippen molar-refractivity contribution >= 4 is 29.0 Å². The van der Waals surface area contributed by atoms with E-state index in [0.717, 1.165) is 17.8 Å². The van der Waals surface area contributed by atoms with Gasteiger partial charge in [0, 0.05) is 30.5 Å². The summed E-state index contributed by atoms with van der Waals surface area (Å²) in [6.07, 6.45) is 2.88. The minimum absolute atomic E-state index is 0.127. The number of methoxy groups -OCH3 is 3. The highest BCUT2D eigenvalue weighted by atomic mass is 32.1. The van der Waals surface area contributed by atoms with E-state index in [0.29, 0.717) is 47.4 Å². The van der Waals surface area contributed by atoms with E-state index in [1.807, 2.05) is 0 Å². The van der Waals surface area contributed by atoms with Gasteiger partial charge in [0.1, 0.15) is 12.0 Å². The summed E-state index contributed by atoms with van der Waals surface area (Å²) in [5.41, 5.74) is 0.765. The predicted octanol–water partition coefficient (Wildman–Crippen LogP) is 3.43. The first-order chi connectivity index (χ1) is 16.0. The van der Waals surface area contributed by atoms with Crippen LogP contribution >= 0.6 is 11.3 Å². The molecule has 0 radical (unpaired) electrons. The van der Waals surface area contributed by atoms with Crippen LogP contribution in [0, 0.1) is 0 Å². The Morgan fingerprint density at radius 3 is 2.48 bits per heavy atom. The summed E-state index contributed by atoms with van der Waals surface area (Å²) in [6.45, 7) is 1.14. The molecule has 1 aromatic carbocycles. The number of amides is 2. The fourth-order valence-electron chi connectivity index (χ4n) is 3.81. The summed E-state index contributed by atoms with van der Waals surface area (Å²) in [4.78, 5) is 31.8. The van der Waals surface area contributed by atoms with E-state index in [4.69, 9.17) is 18.7 Å². The van der Waals surface area contributed by atoms with Gasteiger partial charge in [0.05, 0.1) is 31.9 Å². The fourth-order valence-corrected chi connectivity index (χ4v) is 4.78. The third-order valence-electron chi connectivity index (χ3n) is 5.50. The Bertz CT molecular complexity index is 1120. The molecule has 3 aromatic rings. The average Bonchev–Trinajstić information content (AvgIpc) is 3.55. The second-order valence-corrected chi connectivity index (χ2v) is 8.25. The van der Waals surface area contributed by atoms with E-state index >= 15 is 0 Å². The lowest BCUT2D eigenvalue weighted by Gasteiger charge is -2.31. The lowest BCUT2D eigenvalue weighted by molar-refractivity contribution is 0.0708. The van der Waals surface area contributed by atoms with Crippen LogP contribution in [0.4, 0.5) is 5.82 Å². The summed E-state index contributed by atoms with van der Waals surface area (Å²) >= 11 is 1.45. The van der Waals surface area contributed by atoms with Crippen LogP contribution in [0.3, 0.4) is 0 Å². The molecule has 4 rings (SSSR count). The van der Waals surface area contributed by atoms with Gasteiger partial charge in [-0.2, -0.15) is 0 Å². The van der Waals surface area contributed by atoms with Crippen LogP contribution in [-0.2, 0) is 0 Å². The molecule has 10 nitrogen and oxygen atoms in total. The van der Waals surface area contributed by atoms with E-state index < -0.39 is 0 Å². The van der Waals surface area contributed by atoms with Gasteiger partial charge in [0.25, 0.3) is 11.8 Å². The lowest BCUT2D eigenvalue weighted by Crippen LogP contribution is -2.38. The number of thiazole rings is 1. The molecule has 1 aliphatic heterocycles. The monoisotopic (exact) mass is 472 g/mol. The van der Waals surface area contributed by atoms with Crippen molar-refractivity contribution in [2.24, 2.45) is 0 Å². The number of piperidine rings is 1. The second kappa shape index (κ2) is 9.90. The molecule has 1 N–H and O–H groups in total. The first-order valence-electron chi connectivity index (χ1n) is 10.3. The number of hydrogen-bond acceptors (Lipinski definition) is 9. The maximum absolute atomic E-state index is 13.2. The number of likely N-dealkylation sites (tertiary alicyclic amines) is 1. The molecule has 174 valence electrons. The molecule has 2 amide bonds. The van der Waals surface area contributed by atoms with E-state index in [2.05, 4.69) is 15.5 Å². The lowest BCUT2D eigenvalue weighted by atomic mass is 9.97. The molecule has 1 saturated heterocycles. The normalized spacial score (nSPS) is 14.1. The number of rotatable bonds is 7. The van der Waals surface area contributed by atoms with Gasteiger partial charge in [0.2, 0.25) is 5.75 Å². The summed E-state index contributed by atoms with van der Waals surface area (Å²) in [7, 11) is 4.54. The number of anilines is 1. The molecule has 0 bridgehead atoms. The molecule has 0 unspecified atom stereocenters. The predicted molar refractivity (Wildman–Crippen MR) is 121 cm³/mol. The maximum Gasteiger partial charge on any atom is 0.276 e. The molecular weight excluding hydrogens is 448 g/mol. The van der Waals surface area contributed by atoms with Gasteiger partial charge < -0.3 is 29.0 Å². The van der Waals surface area contributed by atoms with Crippen molar-refractivity contribution in [3.05, 3.63) is 46.1 Å². The molecule has 1 aliphatic rings. The van der Waals surface area contributed by atoms with Gasteiger partial charge in [-0.3, -0.25) is 9.59 Å². The molecule has 3 heterocycles. The van der Waals surface area contributed by atoms with Crippen molar-refractivity contribution in [2.75, 3.05) is 39.7 Å². The number of carbonyl (C=O) groups excluding carboxylic acids is 2. The molecule has 11 heteroatoms. The molecular formula is C22H24N4O6S. The van der Waals surface area contributed by atoms with E-state index in [-0.39, 0.29) is 17.7 Å². The Kier molecular flexibility index (Phi) is 6.78. The van der Waals surface area contributed by atoms with Crippen molar-refractivity contribution in [3.63, 3.8) is 0 Å². The zero-order valence-electron chi connectivity index (χ0n) is 18.5. The Hall–Kier alpha value is -3.60. The van der Waals surface area contributed by atoms with E-state index in [9.17, 15) is 9.59 Å². The molecule has 2 aromatic heterocycles. The smallest absolute Gasteiger partial charge is 0.276 e. The Morgan fingerprint density at radius 2 is 1.85 bits per heavy atom. The molecule has 0 spiro atoms. The first-order valence-corrected chi connectivity index (χ1v) is 11.2. The van der Waals surface area contributed by atoms with Crippen LogP contribution in [0.2, 0.25) is 0 Å². The van der Waals surface area contributed by atoms with Gasteiger partial charge >= 0.3 is 0 Å². The van der Waals surface area contributed by atoms with Gasteiger partial charge in [-0.05, 0) is 25.0 Å². The zero-order valence-corrected chi connectivity index (χ0v) is 19.3. The largest absolute Gasteiger partial charge is 0.493 e. The van der Waals surface area contributed by atoms with Crippen molar-refractivity contribution in [2.45, 2.75) is 18.8 Å². The fraction of sp³-hybridized carbons (Fsp3) is 0.364. The minimum Gasteiger partial charge on any atom is -0.493 e. The number of ether oxygens (including phenoxy) is 3. The van der Waals surface area contributed by atoms with Crippen molar-refractivity contribution in [3.8, 4) is 17.2 Å². The number of carbonyl (C=O) groups is 2. The van der Waals surface area contributed by atoms with Gasteiger partial charge in [-0.1, -0.05) is 5.16 Å². The van der Waals surface area contributed by atoms with Crippen molar-refractivity contribution in [1.82, 2.24) is 15.0 Å². The number of aromatic nitrogens is 2. The molecule has 0 aliphatic carbocycles. The molecule has 1 fully saturated rings. The Morgan fingerprint density at radius 1 is 1.09 bits per heavy atom. The topological polar surface area (TPSA) is 116 Å². The van der Waals surface area contributed by atoms with Crippen LogP contribution in [0.1, 0.15) is 44.6 Å². The van der Waals surface area contributed by atoms with Crippen LogP contribution in [-0.4, -0.2) is 61.3 Å². The van der Waals surface area contributed by atoms with E-state index in [1.54, 1.807) is 28.5 Å². The minimum atomic E-state index is -0.334. The Balaban J connectivity index is 1.41. The van der Waals surface area contributed by atoms with Crippen LogP contribution < -0.4 is 19.5 Å². The van der Waals surface area contributed by atoms with Crippen LogP contribution in [0.5, 0.6) is 17.2 Å². The average molecular weight is 473 g/mol. The van der Waals surface area contributed by atoms with Crippen molar-refractivity contribution < 1.29 is 28.3 Å². The highest BCUT2D eigenvalue weighted by Gasteiger charge is 2.30. The number of nitrogens with one attached hydrogen (secondary N) is 1. The molecule has 0 atom stereocenters. The SMILES string of the molecule is COc1ccc(C(=O)N2CCC(c3nc(C(=O)Nc4ccon4)cs3)CC2)c(OC)c1OC. The van der Waals surface area contributed by atoms with Crippen molar-refractivity contribution in [1.29, 1.82) is 0 Å². The van der Waals surface area contributed by atoms with Gasteiger partial charge in [-0.25, -0.2) is 4.98 Å². The number of nitrogens with zero attached hydrogens (tertiary/aromatic N) is 3. The third-order valence-corrected chi connectivity index (χ3v) is 6.51.